The van der Waals surface area contributed by atoms with Crippen LogP contribution in [0.15, 0.2) is 66.7 Å². The highest BCUT2D eigenvalue weighted by molar-refractivity contribution is 5.99. The molecule has 0 saturated heterocycles. The normalized spacial score (nSPS) is 10.4. The van der Waals surface area contributed by atoms with E-state index in [1.165, 1.54) is 6.07 Å². The summed E-state index contributed by atoms with van der Waals surface area (Å²) in [4.78, 5) is 45.7. The van der Waals surface area contributed by atoms with Gasteiger partial charge in [-0.2, -0.15) is 0 Å². The Hall–Kier alpha value is -6.44. The zero-order chi connectivity index (χ0) is 43.0. The molecule has 4 aromatic rings. The van der Waals surface area contributed by atoms with Gasteiger partial charge in [0.1, 0.15) is 0 Å². The molecule has 4 aromatic carbocycles. The standard InChI is InChI=1S/C11H14O5.C11H14O3.C10H12O4.C10H12O2/c1-6(2)5-16-11(15)7-3-8(12)10(14)9(13)4-7;1-6(2)10(13)8-4-7(3)11(14)9(12)5-8;1-5(2)9(13)6-3-7(11)10(14)8(12)4-6;1-8(2)12-10(11)9-6-4-3-5-7-9/h3-4,6,12-14H,5H2,1-2H3;4-6,12,14H,1-3H3;3-5,11-12,14H,1-2H3;3-8H,1-2H3. The number of ether oxygens (including phenoxy) is 2. The largest absolute Gasteiger partial charge is 0.504 e. The maximum Gasteiger partial charge on any atom is 0.338 e. The van der Waals surface area contributed by atoms with E-state index < -0.39 is 40.5 Å². The lowest BCUT2D eigenvalue weighted by atomic mass is 9.99. The van der Waals surface area contributed by atoms with Gasteiger partial charge in [0.25, 0.3) is 0 Å². The zero-order valence-electron chi connectivity index (χ0n) is 32.9. The van der Waals surface area contributed by atoms with Crippen molar-refractivity contribution in [3.63, 3.8) is 0 Å². The van der Waals surface area contributed by atoms with Crippen molar-refractivity contribution in [2.24, 2.45) is 17.8 Å². The molecular formula is C42H52O14. The van der Waals surface area contributed by atoms with E-state index in [0.29, 0.717) is 16.7 Å². The maximum absolute atomic E-state index is 11.6. The number of esters is 2. The van der Waals surface area contributed by atoms with Crippen LogP contribution < -0.4 is 0 Å². The number of hydrogen-bond donors (Lipinski definition) is 8. The summed E-state index contributed by atoms with van der Waals surface area (Å²) in [6.07, 6.45) is -0.0577. The molecule has 8 N–H and O–H groups in total. The van der Waals surface area contributed by atoms with E-state index in [2.05, 4.69) is 0 Å². The molecule has 0 aromatic heterocycles. The van der Waals surface area contributed by atoms with Crippen molar-refractivity contribution in [1.29, 1.82) is 0 Å². The Morgan fingerprint density at radius 1 is 0.500 bits per heavy atom. The summed E-state index contributed by atoms with van der Waals surface area (Å²) in [7, 11) is 0. The number of aromatic hydroxyl groups is 8. The highest BCUT2D eigenvalue weighted by Gasteiger charge is 2.17. The van der Waals surface area contributed by atoms with Crippen LogP contribution in [0.3, 0.4) is 0 Å². The Morgan fingerprint density at radius 2 is 0.875 bits per heavy atom. The first kappa shape index (κ1) is 47.6. The number of carbonyl (C=O) groups is 4. The molecule has 4 rings (SSSR count). The topological polar surface area (TPSA) is 249 Å². The summed E-state index contributed by atoms with van der Waals surface area (Å²) in [5, 5.41) is 73.4. The lowest BCUT2D eigenvalue weighted by Gasteiger charge is -2.08. The molecule has 0 amide bonds. The first-order chi connectivity index (χ1) is 26.0. The van der Waals surface area contributed by atoms with Crippen molar-refractivity contribution in [2.75, 3.05) is 6.61 Å². The molecule has 0 fully saturated rings. The fraction of sp³-hybridized carbons (Fsp3) is 0.333. The Labute approximate surface area is 325 Å². The molecule has 14 nitrogen and oxygen atoms in total. The number of benzene rings is 4. The van der Waals surface area contributed by atoms with Crippen LogP contribution in [0, 0.1) is 24.7 Å². The smallest absolute Gasteiger partial charge is 0.338 e. The molecule has 0 aliphatic heterocycles. The van der Waals surface area contributed by atoms with Gasteiger partial charge in [-0.05, 0) is 80.8 Å². The fourth-order valence-electron chi connectivity index (χ4n) is 4.22. The van der Waals surface area contributed by atoms with Crippen molar-refractivity contribution >= 4 is 23.5 Å². The molecule has 0 radical (unpaired) electrons. The molecular weight excluding hydrogens is 728 g/mol. The summed E-state index contributed by atoms with van der Waals surface area (Å²) >= 11 is 0. The van der Waals surface area contributed by atoms with Gasteiger partial charge in [0.15, 0.2) is 57.6 Å². The number of Topliss-reactive ketones (excluding diaryl/α,β-unsaturated/α-hetero) is 2. The van der Waals surface area contributed by atoms with Gasteiger partial charge >= 0.3 is 11.9 Å². The van der Waals surface area contributed by atoms with Crippen molar-refractivity contribution in [2.45, 2.75) is 68.4 Å². The Bertz CT molecular complexity index is 1800. The van der Waals surface area contributed by atoms with Gasteiger partial charge in [0, 0.05) is 23.0 Å². The van der Waals surface area contributed by atoms with Gasteiger partial charge in [-0.25, -0.2) is 9.59 Å². The molecule has 0 spiro atoms. The molecule has 0 atom stereocenters. The van der Waals surface area contributed by atoms with Gasteiger partial charge in [0.2, 0.25) is 0 Å². The van der Waals surface area contributed by atoms with Crippen LogP contribution in [-0.2, 0) is 9.47 Å². The highest BCUT2D eigenvalue weighted by atomic mass is 16.5. The number of aryl methyl sites for hydroxylation is 1. The molecule has 0 unspecified atom stereocenters. The number of hydrogen-bond acceptors (Lipinski definition) is 14. The van der Waals surface area contributed by atoms with Gasteiger partial charge in [-0.15, -0.1) is 0 Å². The quantitative estimate of drug-likeness (QED) is 0.0460. The van der Waals surface area contributed by atoms with Gasteiger partial charge in [-0.3, -0.25) is 9.59 Å². The monoisotopic (exact) mass is 780 g/mol. The average Bonchev–Trinajstić information content (AvgIpc) is 3.13. The van der Waals surface area contributed by atoms with E-state index in [4.69, 9.17) is 29.9 Å². The molecule has 0 aliphatic rings. The van der Waals surface area contributed by atoms with Crippen LogP contribution in [0.25, 0.3) is 0 Å². The van der Waals surface area contributed by atoms with E-state index in [-0.39, 0.29) is 70.6 Å². The SMILES string of the molecule is CC(C)C(=O)c1cc(O)c(O)c(O)c1.CC(C)COC(=O)c1cc(O)c(O)c(O)c1.CC(C)OC(=O)c1ccccc1.Cc1cc(C(=O)C(C)C)cc(O)c1O. The maximum atomic E-state index is 11.6. The first-order valence-electron chi connectivity index (χ1n) is 17.5. The third kappa shape index (κ3) is 15.1. The number of carbonyl (C=O) groups excluding carboxylic acids is 4. The van der Waals surface area contributed by atoms with Crippen LogP contribution in [0.4, 0.5) is 0 Å². The average molecular weight is 781 g/mol. The minimum absolute atomic E-state index is 0.00606. The minimum Gasteiger partial charge on any atom is -0.504 e. The predicted octanol–water partition coefficient (Wildman–Crippen LogP) is 7.76. The van der Waals surface area contributed by atoms with Crippen LogP contribution in [0.2, 0.25) is 0 Å². The van der Waals surface area contributed by atoms with Gasteiger partial charge in [-0.1, -0.05) is 59.7 Å². The Morgan fingerprint density at radius 3 is 1.23 bits per heavy atom. The second-order valence-corrected chi connectivity index (χ2v) is 13.7. The third-order valence-corrected chi connectivity index (χ3v) is 7.17. The van der Waals surface area contributed by atoms with Crippen LogP contribution in [0.5, 0.6) is 46.0 Å². The lowest BCUT2D eigenvalue weighted by Crippen LogP contribution is -2.11. The van der Waals surface area contributed by atoms with Crippen molar-refractivity contribution in [3.05, 3.63) is 94.5 Å². The zero-order valence-corrected chi connectivity index (χ0v) is 32.9. The Balaban J connectivity index is 0.000000375. The second kappa shape index (κ2) is 22.1. The molecule has 0 aliphatic carbocycles. The molecule has 0 saturated carbocycles. The summed E-state index contributed by atoms with van der Waals surface area (Å²) in [5.41, 5.74) is 1.73. The molecule has 304 valence electrons. The summed E-state index contributed by atoms with van der Waals surface area (Å²) in [5.74, 6) is -5.05. The van der Waals surface area contributed by atoms with E-state index in [1.54, 1.807) is 52.8 Å². The first-order valence-corrected chi connectivity index (χ1v) is 17.5. The minimum atomic E-state index is -0.653. The van der Waals surface area contributed by atoms with Gasteiger partial charge < -0.3 is 50.3 Å². The van der Waals surface area contributed by atoms with E-state index in [1.807, 2.05) is 45.9 Å². The predicted molar refractivity (Wildman–Crippen MR) is 208 cm³/mol. The Kier molecular flexibility index (Phi) is 18.7. The van der Waals surface area contributed by atoms with Crippen molar-refractivity contribution in [3.8, 4) is 46.0 Å². The van der Waals surface area contributed by atoms with Crippen molar-refractivity contribution < 1.29 is 69.5 Å². The van der Waals surface area contributed by atoms with Crippen molar-refractivity contribution in [1.82, 2.24) is 0 Å². The van der Waals surface area contributed by atoms with E-state index >= 15 is 0 Å². The number of ketones is 2. The van der Waals surface area contributed by atoms with Gasteiger partial charge in [0.05, 0.1) is 23.8 Å². The number of phenols is 8. The van der Waals surface area contributed by atoms with Crippen LogP contribution in [-0.4, -0.2) is 77.1 Å². The lowest BCUT2D eigenvalue weighted by molar-refractivity contribution is 0.0376. The molecule has 0 bridgehead atoms. The number of rotatable bonds is 9. The summed E-state index contributed by atoms with van der Waals surface area (Å²) in [6.45, 7) is 16.4. The second-order valence-electron chi connectivity index (χ2n) is 13.7. The van der Waals surface area contributed by atoms with E-state index in [0.717, 1.165) is 24.3 Å². The summed E-state index contributed by atoms with van der Waals surface area (Å²) < 4.78 is 9.89. The summed E-state index contributed by atoms with van der Waals surface area (Å²) in [6, 6.07) is 16.2. The molecule has 0 heterocycles. The van der Waals surface area contributed by atoms with E-state index in [9.17, 15) is 39.6 Å². The molecule has 56 heavy (non-hydrogen) atoms. The highest BCUT2D eigenvalue weighted by Crippen LogP contribution is 2.37. The van der Waals surface area contributed by atoms with Crippen LogP contribution >= 0.6 is 0 Å². The number of phenolic OH excluding ortho intramolecular Hbond substituents is 8. The fourth-order valence-corrected chi connectivity index (χ4v) is 4.22. The third-order valence-electron chi connectivity index (χ3n) is 7.17. The van der Waals surface area contributed by atoms with Crippen LogP contribution in [0.1, 0.15) is 102 Å². The molecule has 14 heteroatoms.